The molecule has 1 heterocycles. The Labute approximate surface area is 138 Å². The van der Waals surface area contributed by atoms with E-state index in [0.717, 1.165) is 5.56 Å². The maximum Gasteiger partial charge on any atom is 0.366 e. The van der Waals surface area contributed by atoms with Gasteiger partial charge in [-0.3, -0.25) is 0 Å². The lowest BCUT2D eigenvalue weighted by molar-refractivity contribution is 0.770. The summed E-state index contributed by atoms with van der Waals surface area (Å²) in [6, 6.07) is 9.93. The molecule has 0 amide bonds. The summed E-state index contributed by atoms with van der Waals surface area (Å²) in [5, 5.41) is 0. The number of hydrogen-bond acceptors (Lipinski definition) is 3. The molecule has 0 fully saturated rings. The summed E-state index contributed by atoms with van der Waals surface area (Å²) in [5.41, 5.74) is -0.844. The van der Waals surface area contributed by atoms with Crippen LogP contribution >= 0.6 is 46.9 Å². The molecule has 6 nitrogen and oxygen atoms in total. The van der Waals surface area contributed by atoms with Crippen molar-refractivity contribution in [1.29, 1.82) is 0 Å². The van der Waals surface area contributed by atoms with Crippen molar-refractivity contribution < 1.29 is 0 Å². The van der Waals surface area contributed by atoms with Crippen LogP contribution < -0.4 is 17.1 Å². The number of nitrogens with zero attached hydrogens (tertiary/aromatic N) is 3. The molecule has 0 N–H and O–H groups in total. The van der Waals surface area contributed by atoms with Crippen LogP contribution in [0, 0.1) is 0 Å². The molecular formula is C11H7Cl4N3O3. The third kappa shape index (κ3) is 4.50. The molecule has 0 unspecified atom stereocenters. The molecule has 2 aromatic rings. The van der Waals surface area contributed by atoms with Gasteiger partial charge in [0, 0.05) is 40.9 Å². The Morgan fingerprint density at radius 1 is 0.762 bits per heavy atom. The quantitative estimate of drug-likeness (QED) is 0.771. The van der Waals surface area contributed by atoms with Crippen LogP contribution in [0.2, 0.25) is 0 Å². The number of rotatable bonds is 1. The Hall–Kier alpha value is -1.47. The predicted molar refractivity (Wildman–Crippen MR) is 84.3 cm³/mol. The molecule has 0 bridgehead atoms. The Kier molecular flexibility index (Phi) is 6.77. The average Bonchev–Trinajstić information content (AvgIpc) is 2.51. The fourth-order valence-electron chi connectivity index (χ4n) is 1.11. The monoisotopic (exact) mass is 369 g/mol. The molecule has 1 aromatic heterocycles. The lowest BCUT2D eigenvalue weighted by Gasteiger charge is -1.96. The van der Waals surface area contributed by atoms with Gasteiger partial charge in [-0.1, -0.05) is 41.9 Å². The molecule has 0 aliphatic carbocycles. The van der Waals surface area contributed by atoms with E-state index >= 15 is 0 Å². The van der Waals surface area contributed by atoms with E-state index in [0.29, 0.717) is 0 Å². The van der Waals surface area contributed by atoms with Crippen molar-refractivity contribution in [2.45, 2.75) is 0 Å². The van der Waals surface area contributed by atoms with E-state index in [9.17, 15) is 14.4 Å². The van der Waals surface area contributed by atoms with Gasteiger partial charge in [0.15, 0.2) is 0 Å². The van der Waals surface area contributed by atoms with Gasteiger partial charge >= 0.3 is 17.1 Å². The SMILES string of the molecule is ClC=Cc1ccccc1.O=c1n(Cl)c(=O)n(Cl)c(=O)n1Cl. The van der Waals surface area contributed by atoms with E-state index in [4.69, 9.17) is 46.9 Å². The summed E-state index contributed by atoms with van der Waals surface area (Å²) in [4.78, 5) is 32.3. The summed E-state index contributed by atoms with van der Waals surface area (Å²) >= 11 is 20.7. The first-order chi connectivity index (χ1) is 9.90. The zero-order valence-corrected chi connectivity index (χ0v) is 13.1. The van der Waals surface area contributed by atoms with Gasteiger partial charge in [-0.2, -0.15) is 0 Å². The Morgan fingerprint density at radius 2 is 1.14 bits per heavy atom. The molecule has 0 saturated heterocycles. The van der Waals surface area contributed by atoms with E-state index in [1.54, 1.807) is 0 Å². The van der Waals surface area contributed by atoms with Crippen LogP contribution in [0.1, 0.15) is 5.56 Å². The van der Waals surface area contributed by atoms with Crippen molar-refractivity contribution in [3.05, 3.63) is 72.9 Å². The van der Waals surface area contributed by atoms with E-state index in [1.165, 1.54) is 5.54 Å². The van der Waals surface area contributed by atoms with Gasteiger partial charge in [-0.15, -0.1) is 12.3 Å². The molecule has 0 atom stereocenters. The first kappa shape index (κ1) is 17.6. The van der Waals surface area contributed by atoms with Gasteiger partial charge in [0.05, 0.1) is 0 Å². The average molecular weight is 371 g/mol. The fraction of sp³-hybridized carbons (Fsp3) is 0. The smallest absolute Gasteiger partial charge is 0.244 e. The highest BCUT2D eigenvalue weighted by Crippen LogP contribution is 2.00. The fourth-order valence-corrected chi connectivity index (χ4v) is 1.83. The molecule has 0 radical (unpaired) electrons. The van der Waals surface area contributed by atoms with Crippen LogP contribution in [0.5, 0.6) is 0 Å². The zero-order valence-electron chi connectivity index (χ0n) is 10.1. The summed E-state index contributed by atoms with van der Waals surface area (Å²) in [7, 11) is 0. The maximum atomic E-state index is 10.8. The maximum absolute atomic E-state index is 10.8. The van der Waals surface area contributed by atoms with E-state index in [1.807, 2.05) is 36.4 Å². The lowest BCUT2D eigenvalue weighted by atomic mass is 10.2. The third-order valence-corrected chi connectivity index (χ3v) is 3.06. The van der Waals surface area contributed by atoms with Crippen LogP contribution in [0.15, 0.2) is 50.3 Å². The molecule has 0 spiro atoms. The molecule has 0 aliphatic rings. The summed E-state index contributed by atoms with van der Waals surface area (Å²) in [5.74, 6) is 0. The first-order valence-electron chi connectivity index (χ1n) is 5.21. The Bertz CT molecular complexity index is 706. The standard InChI is InChI=1S/C8H7Cl.C3Cl3N3O3/c9-7-6-8-4-2-1-3-5-8;4-7-1(10)8(5)3(12)9(6)2(7)11/h1-7H;. The molecule has 0 aliphatic heterocycles. The van der Waals surface area contributed by atoms with Gasteiger partial charge in [0.25, 0.3) is 0 Å². The highest BCUT2D eigenvalue weighted by molar-refractivity contribution is 6.27. The molecule has 10 heteroatoms. The molecule has 2 rings (SSSR count). The van der Waals surface area contributed by atoms with Gasteiger partial charge in [-0.05, 0) is 11.6 Å². The van der Waals surface area contributed by atoms with Crippen LogP contribution in [0.3, 0.4) is 0 Å². The molecule has 112 valence electrons. The topological polar surface area (TPSA) is 66.0 Å². The molecule has 21 heavy (non-hydrogen) atoms. The van der Waals surface area contributed by atoms with Crippen molar-refractivity contribution in [2.24, 2.45) is 0 Å². The second-order valence-electron chi connectivity index (χ2n) is 3.39. The second-order valence-corrected chi connectivity index (χ2v) is 4.66. The van der Waals surface area contributed by atoms with Gasteiger partial charge in [0.2, 0.25) is 0 Å². The Balaban J connectivity index is 0.000000219. The zero-order chi connectivity index (χ0) is 16.0. The number of aromatic nitrogens is 3. The minimum Gasteiger partial charge on any atom is -0.244 e. The molecule has 1 aromatic carbocycles. The molecule has 0 saturated carbocycles. The van der Waals surface area contributed by atoms with Crippen molar-refractivity contribution in [1.82, 2.24) is 12.3 Å². The van der Waals surface area contributed by atoms with Gasteiger partial charge < -0.3 is 0 Å². The lowest BCUT2D eigenvalue weighted by Crippen LogP contribution is -2.47. The largest absolute Gasteiger partial charge is 0.366 e. The normalized spacial score (nSPS) is 10.3. The number of hydrogen-bond donors (Lipinski definition) is 0. The highest BCUT2D eigenvalue weighted by atomic mass is 35.5. The number of halogens is 4. The van der Waals surface area contributed by atoms with E-state index in [2.05, 4.69) is 0 Å². The van der Waals surface area contributed by atoms with Crippen molar-refractivity contribution in [3.63, 3.8) is 0 Å². The van der Waals surface area contributed by atoms with Crippen LogP contribution in [-0.2, 0) is 0 Å². The summed E-state index contributed by atoms with van der Waals surface area (Å²) in [6.45, 7) is 0. The van der Waals surface area contributed by atoms with Crippen LogP contribution in [0.4, 0.5) is 0 Å². The van der Waals surface area contributed by atoms with Gasteiger partial charge in [0.1, 0.15) is 0 Å². The van der Waals surface area contributed by atoms with Crippen molar-refractivity contribution in [3.8, 4) is 0 Å². The minimum absolute atomic E-state index is 0.0847. The van der Waals surface area contributed by atoms with Crippen molar-refractivity contribution in [2.75, 3.05) is 0 Å². The Morgan fingerprint density at radius 3 is 1.48 bits per heavy atom. The first-order valence-corrected chi connectivity index (χ1v) is 6.66. The summed E-state index contributed by atoms with van der Waals surface area (Å²) in [6.07, 6.45) is 1.85. The summed E-state index contributed by atoms with van der Waals surface area (Å²) < 4.78 is 0.254. The second kappa shape index (κ2) is 8.09. The number of benzene rings is 1. The van der Waals surface area contributed by atoms with E-state index in [-0.39, 0.29) is 12.3 Å². The van der Waals surface area contributed by atoms with Crippen molar-refractivity contribution >= 4 is 53.0 Å². The van der Waals surface area contributed by atoms with Crippen LogP contribution in [0.25, 0.3) is 6.08 Å². The van der Waals surface area contributed by atoms with E-state index < -0.39 is 17.1 Å². The van der Waals surface area contributed by atoms with Crippen LogP contribution in [-0.4, -0.2) is 12.3 Å². The minimum atomic E-state index is -1.16. The third-order valence-electron chi connectivity index (χ3n) is 2.06. The van der Waals surface area contributed by atoms with Gasteiger partial charge in [-0.25, -0.2) is 14.4 Å². The molecular weight excluding hydrogens is 364 g/mol. The predicted octanol–water partition coefficient (Wildman–Crippen LogP) is 2.07. The highest BCUT2D eigenvalue weighted by Gasteiger charge is 2.10.